The molecule has 0 aliphatic carbocycles. The molecule has 1 unspecified atom stereocenters. The molecule has 6 nitrogen and oxygen atoms in total. The molecule has 144 valence electrons. The first-order valence-electron chi connectivity index (χ1n) is 8.91. The number of likely N-dealkylation sites (tertiary alicyclic amines) is 1. The summed E-state index contributed by atoms with van der Waals surface area (Å²) in [7, 11) is 0. The van der Waals surface area contributed by atoms with Gasteiger partial charge in [0.15, 0.2) is 0 Å². The average Bonchev–Trinajstić information content (AvgIpc) is 3.00. The smallest absolute Gasteiger partial charge is 0.296 e. The number of amides is 1. The molecule has 29 heavy (non-hydrogen) atoms. The number of carbonyl (C=O) groups excluding carboxylic acids is 2. The van der Waals surface area contributed by atoms with Crippen LogP contribution in [0.15, 0.2) is 78.6 Å². The predicted octanol–water partition coefficient (Wildman–Crippen LogP) is 3.24. The standard InChI is InChI=1S/C22H16FN3O3/c23-15-9-7-14(8-10-15)20(27)18-19(17-6-2-4-12-25-17)26(22(29)21(18)28)13-16-5-1-3-11-24-16/h1-12,19,27H,13H2/b20-18-. The van der Waals surface area contributed by atoms with Gasteiger partial charge in [-0.15, -0.1) is 0 Å². The van der Waals surface area contributed by atoms with Crippen molar-refractivity contribution in [3.8, 4) is 0 Å². The molecule has 1 N–H and O–H groups in total. The summed E-state index contributed by atoms with van der Waals surface area (Å²) in [5.74, 6) is -2.42. The van der Waals surface area contributed by atoms with Crippen molar-refractivity contribution in [2.24, 2.45) is 0 Å². The summed E-state index contributed by atoms with van der Waals surface area (Å²) >= 11 is 0. The maximum Gasteiger partial charge on any atom is 0.296 e. The lowest BCUT2D eigenvalue weighted by Crippen LogP contribution is -2.29. The second kappa shape index (κ2) is 7.63. The molecule has 0 saturated carbocycles. The highest BCUT2D eigenvalue weighted by atomic mass is 19.1. The zero-order chi connectivity index (χ0) is 20.4. The molecule has 1 fully saturated rings. The molecule has 0 bridgehead atoms. The molecule has 0 spiro atoms. The fourth-order valence-electron chi connectivity index (χ4n) is 3.32. The highest BCUT2D eigenvalue weighted by Crippen LogP contribution is 2.39. The number of hydrogen-bond donors (Lipinski definition) is 1. The molecule has 7 heteroatoms. The van der Waals surface area contributed by atoms with Gasteiger partial charge in [0.05, 0.1) is 23.5 Å². The van der Waals surface area contributed by atoms with E-state index in [2.05, 4.69) is 9.97 Å². The molecule has 1 aliphatic rings. The van der Waals surface area contributed by atoms with Crippen molar-refractivity contribution in [1.82, 2.24) is 14.9 Å². The molecule has 1 aromatic carbocycles. The number of nitrogens with zero attached hydrogens (tertiary/aromatic N) is 3. The Labute approximate surface area is 166 Å². The van der Waals surface area contributed by atoms with Crippen LogP contribution in [0.25, 0.3) is 5.76 Å². The van der Waals surface area contributed by atoms with Gasteiger partial charge in [0.2, 0.25) is 0 Å². The van der Waals surface area contributed by atoms with E-state index < -0.39 is 23.5 Å². The molecule has 1 aliphatic heterocycles. The molecular weight excluding hydrogens is 373 g/mol. The summed E-state index contributed by atoms with van der Waals surface area (Å²) in [6.07, 6.45) is 3.15. The van der Waals surface area contributed by atoms with Gasteiger partial charge in [-0.1, -0.05) is 12.1 Å². The molecule has 1 amide bonds. The molecule has 0 radical (unpaired) electrons. The third-order valence-corrected chi connectivity index (χ3v) is 4.68. The molecule has 1 atom stereocenters. The second-order valence-electron chi connectivity index (χ2n) is 6.51. The van der Waals surface area contributed by atoms with Gasteiger partial charge in [0.25, 0.3) is 11.7 Å². The third kappa shape index (κ3) is 3.50. The number of ketones is 1. The zero-order valence-corrected chi connectivity index (χ0v) is 15.2. The van der Waals surface area contributed by atoms with E-state index in [0.717, 1.165) is 0 Å². The first kappa shape index (κ1) is 18.5. The van der Waals surface area contributed by atoms with E-state index in [1.165, 1.54) is 29.2 Å². The van der Waals surface area contributed by atoms with Gasteiger partial charge in [-0.3, -0.25) is 19.6 Å². The topological polar surface area (TPSA) is 83.4 Å². The largest absolute Gasteiger partial charge is 0.507 e. The van der Waals surface area contributed by atoms with Crippen LogP contribution in [0.4, 0.5) is 4.39 Å². The Kier molecular flexibility index (Phi) is 4.87. The van der Waals surface area contributed by atoms with Crippen molar-refractivity contribution in [3.05, 3.63) is 101 Å². The molecule has 1 saturated heterocycles. The minimum atomic E-state index is -0.886. The highest BCUT2D eigenvalue weighted by Gasteiger charge is 2.46. The van der Waals surface area contributed by atoms with Gasteiger partial charge < -0.3 is 10.0 Å². The quantitative estimate of drug-likeness (QED) is 0.421. The summed E-state index contributed by atoms with van der Waals surface area (Å²) in [6, 6.07) is 14.6. The van der Waals surface area contributed by atoms with Crippen LogP contribution in [-0.2, 0) is 16.1 Å². The number of Topliss-reactive ketones (excluding diaryl/α,β-unsaturated/α-hetero) is 1. The number of aromatic nitrogens is 2. The lowest BCUT2D eigenvalue weighted by atomic mass is 9.98. The van der Waals surface area contributed by atoms with E-state index in [1.807, 2.05) is 0 Å². The molecule has 4 rings (SSSR count). The van der Waals surface area contributed by atoms with Crippen LogP contribution < -0.4 is 0 Å². The second-order valence-corrected chi connectivity index (χ2v) is 6.51. The summed E-state index contributed by atoms with van der Waals surface area (Å²) < 4.78 is 13.3. The Morgan fingerprint density at radius 2 is 1.66 bits per heavy atom. The van der Waals surface area contributed by atoms with E-state index in [9.17, 15) is 19.1 Å². The van der Waals surface area contributed by atoms with Crippen molar-refractivity contribution < 1.29 is 19.1 Å². The van der Waals surface area contributed by atoms with Crippen LogP contribution in [0.3, 0.4) is 0 Å². The Balaban J connectivity index is 1.85. The van der Waals surface area contributed by atoms with Gasteiger partial charge in [-0.05, 0) is 48.5 Å². The van der Waals surface area contributed by atoms with Crippen molar-refractivity contribution in [2.45, 2.75) is 12.6 Å². The van der Waals surface area contributed by atoms with Gasteiger partial charge in [0, 0.05) is 18.0 Å². The SMILES string of the molecule is O=C1C(=O)N(Cc2ccccn2)C(c2ccccn2)/C1=C(/O)c1ccc(F)cc1. The normalized spacial score (nSPS) is 18.2. The summed E-state index contributed by atoms with van der Waals surface area (Å²) in [6.45, 7) is 0.0762. The number of aliphatic hydroxyl groups is 1. The minimum absolute atomic E-state index is 0.0762. The molecule has 3 heterocycles. The van der Waals surface area contributed by atoms with Crippen molar-refractivity contribution >= 4 is 17.4 Å². The van der Waals surface area contributed by atoms with E-state index in [1.54, 1.807) is 48.8 Å². The van der Waals surface area contributed by atoms with Gasteiger partial charge >= 0.3 is 0 Å². The fourth-order valence-corrected chi connectivity index (χ4v) is 3.32. The molecular formula is C22H16FN3O3. The van der Waals surface area contributed by atoms with Crippen molar-refractivity contribution in [1.29, 1.82) is 0 Å². The summed E-state index contributed by atoms with van der Waals surface area (Å²) in [5.41, 5.74) is 1.18. The van der Waals surface area contributed by atoms with Crippen molar-refractivity contribution in [3.63, 3.8) is 0 Å². The number of carbonyl (C=O) groups is 2. The van der Waals surface area contributed by atoms with Crippen LogP contribution in [0.1, 0.15) is 23.0 Å². The van der Waals surface area contributed by atoms with Crippen LogP contribution >= 0.6 is 0 Å². The monoisotopic (exact) mass is 389 g/mol. The Hall–Kier alpha value is -3.87. The van der Waals surface area contributed by atoms with Crippen LogP contribution in [-0.4, -0.2) is 31.7 Å². The van der Waals surface area contributed by atoms with Gasteiger partial charge in [-0.2, -0.15) is 0 Å². The van der Waals surface area contributed by atoms with Crippen molar-refractivity contribution in [2.75, 3.05) is 0 Å². The number of benzene rings is 1. The lowest BCUT2D eigenvalue weighted by molar-refractivity contribution is -0.140. The summed E-state index contributed by atoms with van der Waals surface area (Å²) in [4.78, 5) is 35.5. The average molecular weight is 389 g/mol. The Morgan fingerprint density at radius 1 is 0.966 bits per heavy atom. The number of aliphatic hydroxyl groups excluding tert-OH is 1. The number of rotatable bonds is 4. The Morgan fingerprint density at radius 3 is 2.28 bits per heavy atom. The minimum Gasteiger partial charge on any atom is -0.507 e. The van der Waals surface area contributed by atoms with Crippen LogP contribution in [0, 0.1) is 5.82 Å². The zero-order valence-electron chi connectivity index (χ0n) is 15.2. The maximum atomic E-state index is 13.3. The van der Waals surface area contributed by atoms with Gasteiger partial charge in [0.1, 0.15) is 17.6 Å². The Bertz CT molecular complexity index is 1080. The van der Waals surface area contributed by atoms with E-state index >= 15 is 0 Å². The molecule has 2 aromatic heterocycles. The third-order valence-electron chi connectivity index (χ3n) is 4.68. The van der Waals surface area contributed by atoms with E-state index in [4.69, 9.17) is 0 Å². The number of halogens is 1. The number of pyridine rings is 2. The number of hydrogen-bond acceptors (Lipinski definition) is 5. The van der Waals surface area contributed by atoms with Crippen LogP contribution in [0.5, 0.6) is 0 Å². The van der Waals surface area contributed by atoms with Crippen LogP contribution in [0.2, 0.25) is 0 Å². The first-order valence-corrected chi connectivity index (χ1v) is 8.91. The molecule has 3 aromatic rings. The highest BCUT2D eigenvalue weighted by molar-refractivity contribution is 6.46. The lowest BCUT2D eigenvalue weighted by Gasteiger charge is -2.24. The first-order chi connectivity index (χ1) is 14.1. The van der Waals surface area contributed by atoms with E-state index in [-0.39, 0.29) is 23.4 Å². The van der Waals surface area contributed by atoms with Gasteiger partial charge in [-0.25, -0.2) is 4.39 Å². The predicted molar refractivity (Wildman–Crippen MR) is 103 cm³/mol. The fraction of sp³-hybridized carbons (Fsp3) is 0.0909. The van der Waals surface area contributed by atoms with E-state index in [0.29, 0.717) is 11.4 Å². The summed E-state index contributed by atoms with van der Waals surface area (Å²) in [5, 5.41) is 10.8. The maximum absolute atomic E-state index is 13.3.